The van der Waals surface area contributed by atoms with Crippen molar-refractivity contribution in [2.24, 2.45) is 17.2 Å². The van der Waals surface area contributed by atoms with Gasteiger partial charge in [0.1, 0.15) is 5.82 Å². The van der Waals surface area contributed by atoms with Crippen LogP contribution in [0.2, 0.25) is 0 Å². The first kappa shape index (κ1) is 15.1. The molecule has 0 amide bonds. The van der Waals surface area contributed by atoms with E-state index in [1.54, 1.807) is 12.1 Å². The first-order chi connectivity index (χ1) is 8.25. The molecule has 3 N–H and O–H groups in total. The van der Waals surface area contributed by atoms with E-state index < -0.39 is 0 Å². The van der Waals surface area contributed by atoms with Gasteiger partial charge in [0.05, 0.1) is 0 Å². The van der Waals surface area contributed by atoms with Crippen LogP contribution in [0.1, 0.15) is 51.3 Å². The minimum Gasteiger partial charge on any atom is -0.271 e. The van der Waals surface area contributed by atoms with Gasteiger partial charge in [0.15, 0.2) is 0 Å². The van der Waals surface area contributed by atoms with Crippen LogP contribution in [0.4, 0.5) is 4.39 Å². The van der Waals surface area contributed by atoms with Crippen molar-refractivity contribution in [3.8, 4) is 0 Å². The lowest BCUT2D eigenvalue weighted by molar-refractivity contribution is 0.223. The Labute approximate surface area is 110 Å². The Balaban J connectivity index is 2.93. The molecule has 0 aliphatic carbocycles. The van der Waals surface area contributed by atoms with Crippen LogP contribution >= 0.6 is 0 Å². The molecule has 3 heteroatoms. The van der Waals surface area contributed by atoms with Gasteiger partial charge in [0.2, 0.25) is 0 Å². The van der Waals surface area contributed by atoms with Crippen molar-refractivity contribution in [2.45, 2.75) is 47.1 Å². The van der Waals surface area contributed by atoms with Gasteiger partial charge in [-0.3, -0.25) is 11.3 Å². The lowest BCUT2D eigenvalue weighted by Gasteiger charge is -2.31. The Morgan fingerprint density at radius 3 is 2.44 bits per heavy atom. The molecule has 0 fully saturated rings. The molecule has 2 atom stereocenters. The van der Waals surface area contributed by atoms with E-state index in [9.17, 15) is 4.39 Å². The van der Waals surface area contributed by atoms with Crippen LogP contribution in [0.15, 0.2) is 18.2 Å². The molecule has 0 aromatic heterocycles. The molecular weight excluding hydrogens is 227 g/mol. The molecule has 0 heterocycles. The molecular formula is C15H25FN2. The van der Waals surface area contributed by atoms with Crippen LogP contribution in [0.25, 0.3) is 0 Å². The summed E-state index contributed by atoms with van der Waals surface area (Å²) in [6, 6.07) is 4.86. The molecule has 0 aliphatic heterocycles. The number of hydrogen-bond acceptors (Lipinski definition) is 2. The van der Waals surface area contributed by atoms with Crippen molar-refractivity contribution in [1.82, 2.24) is 5.43 Å². The maximum absolute atomic E-state index is 13.3. The number of nitrogens with two attached hydrogens (primary N) is 1. The van der Waals surface area contributed by atoms with Gasteiger partial charge in [0.25, 0.3) is 0 Å². The van der Waals surface area contributed by atoms with E-state index in [1.807, 2.05) is 6.92 Å². The number of nitrogens with one attached hydrogen (secondary N) is 1. The molecule has 0 saturated heterocycles. The number of hydrogen-bond donors (Lipinski definition) is 2. The average molecular weight is 252 g/mol. The minimum absolute atomic E-state index is 0.00470. The third-order valence-electron chi connectivity index (χ3n) is 3.89. The molecule has 2 unspecified atom stereocenters. The van der Waals surface area contributed by atoms with E-state index in [0.29, 0.717) is 5.92 Å². The fourth-order valence-electron chi connectivity index (χ4n) is 1.98. The molecule has 102 valence electrons. The fraction of sp³-hybridized carbons (Fsp3) is 0.600. The molecule has 0 saturated carbocycles. The molecule has 0 radical (unpaired) electrons. The van der Waals surface area contributed by atoms with Crippen LogP contribution < -0.4 is 11.3 Å². The van der Waals surface area contributed by atoms with Crippen LogP contribution in [0, 0.1) is 24.1 Å². The monoisotopic (exact) mass is 252 g/mol. The quantitative estimate of drug-likeness (QED) is 0.633. The lowest BCUT2D eigenvalue weighted by atomic mass is 9.77. The molecule has 0 aliphatic rings. The third-order valence-corrected chi connectivity index (χ3v) is 3.89. The Bertz CT molecular complexity index is 396. The first-order valence-corrected chi connectivity index (χ1v) is 6.48. The second-order valence-electron chi connectivity index (χ2n) is 6.22. The molecule has 1 aromatic rings. The summed E-state index contributed by atoms with van der Waals surface area (Å²) in [6.07, 6.45) is 0.893. The smallest absolute Gasteiger partial charge is 0.123 e. The van der Waals surface area contributed by atoms with E-state index in [4.69, 9.17) is 5.84 Å². The predicted molar refractivity (Wildman–Crippen MR) is 74.4 cm³/mol. The highest BCUT2D eigenvalue weighted by Crippen LogP contribution is 2.33. The zero-order valence-corrected chi connectivity index (χ0v) is 12.0. The van der Waals surface area contributed by atoms with Crippen molar-refractivity contribution in [3.63, 3.8) is 0 Å². The zero-order valence-electron chi connectivity index (χ0n) is 12.0. The van der Waals surface area contributed by atoms with E-state index in [-0.39, 0.29) is 17.3 Å². The summed E-state index contributed by atoms with van der Waals surface area (Å²) in [4.78, 5) is 0. The summed E-state index contributed by atoms with van der Waals surface area (Å²) >= 11 is 0. The lowest BCUT2D eigenvalue weighted by Crippen LogP contribution is -2.32. The third kappa shape index (κ3) is 3.79. The highest BCUT2D eigenvalue weighted by Gasteiger charge is 2.24. The van der Waals surface area contributed by atoms with Crippen LogP contribution in [0.3, 0.4) is 0 Å². The highest BCUT2D eigenvalue weighted by molar-refractivity contribution is 5.29. The summed E-state index contributed by atoms with van der Waals surface area (Å²) in [7, 11) is 0. The van der Waals surface area contributed by atoms with Gasteiger partial charge < -0.3 is 0 Å². The topological polar surface area (TPSA) is 38.0 Å². The SMILES string of the molecule is Cc1ccc(F)cc1C(CC(C)C(C)(C)C)NN. The second kappa shape index (κ2) is 5.81. The number of aryl methyl sites for hydroxylation is 1. The summed E-state index contributed by atoms with van der Waals surface area (Å²) in [5, 5.41) is 0. The Morgan fingerprint density at radius 2 is 1.94 bits per heavy atom. The molecule has 0 spiro atoms. The summed E-state index contributed by atoms with van der Waals surface area (Å²) in [6.45, 7) is 10.8. The van der Waals surface area contributed by atoms with E-state index >= 15 is 0 Å². The highest BCUT2D eigenvalue weighted by atomic mass is 19.1. The second-order valence-corrected chi connectivity index (χ2v) is 6.22. The van der Waals surface area contributed by atoms with Crippen molar-refractivity contribution < 1.29 is 4.39 Å². The molecule has 2 nitrogen and oxygen atoms in total. The van der Waals surface area contributed by atoms with Crippen LogP contribution in [-0.4, -0.2) is 0 Å². The molecule has 0 bridgehead atoms. The van der Waals surface area contributed by atoms with Gasteiger partial charge in [-0.05, 0) is 47.9 Å². The Morgan fingerprint density at radius 1 is 1.33 bits per heavy atom. The largest absolute Gasteiger partial charge is 0.271 e. The fourth-order valence-corrected chi connectivity index (χ4v) is 1.98. The number of rotatable bonds is 4. The number of hydrazine groups is 1. The molecule has 1 aromatic carbocycles. The van der Waals surface area contributed by atoms with Crippen molar-refractivity contribution in [3.05, 3.63) is 35.1 Å². The van der Waals surface area contributed by atoms with Gasteiger partial charge in [-0.25, -0.2) is 4.39 Å². The van der Waals surface area contributed by atoms with Crippen molar-refractivity contribution in [1.29, 1.82) is 0 Å². The summed E-state index contributed by atoms with van der Waals surface area (Å²) in [5.41, 5.74) is 5.06. The summed E-state index contributed by atoms with van der Waals surface area (Å²) in [5.74, 6) is 5.92. The van der Waals surface area contributed by atoms with Gasteiger partial charge in [-0.15, -0.1) is 0 Å². The van der Waals surface area contributed by atoms with Crippen LogP contribution in [-0.2, 0) is 0 Å². The predicted octanol–water partition coefficient (Wildman–Crippen LogP) is 3.71. The van der Waals surface area contributed by atoms with Gasteiger partial charge in [-0.1, -0.05) is 33.8 Å². The minimum atomic E-state index is -0.209. The Hall–Kier alpha value is -0.930. The van der Waals surface area contributed by atoms with Crippen molar-refractivity contribution >= 4 is 0 Å². The number of benzene rings is 1. The van der Waals surface area contributed by atoms with E-state index in [0.717, 1.165) is 17.5 Å². The maximum Gasteiger partial charge on any atom is 0.123 e. The Kier molecular flexibility index (Phi) is 4.88. The summed E-state index contributed by atoms with van der Waals surface area (Å²) < 4.78 is 13.3. The molecule has 18 heavy (non-hydrogen) atoms. The van der Waals surface area contributed by atoms with Gasteiger partial charge in [0, 0.05) is 6.04 Å². The van der Waals surface area contributed by atoms with Crippen LogP contribution in [0.5, 0.6) is 0 Å². The maximum atomic E-state index is 13.3. The van der Waals surface area contributed by atoms with E-state index in [1.165, 1.54) is 6.07 Å². The standard InChI is InChI=1S/C15H25FN2/c1-10-6-7-12(16)9-13(10)14(18-17)8-11(2)15(3,4)5/h6-7,9,11,14,18H,8,17H2,1-5H3. The van der Waals surface area contributed by atoms with Gasteiger partial charge in [-0.2, -0.15) is 0 Å². The van der Waals surface area contributed by atoms with Gasteiger partial charge >= 0.3 is 0 Å². The molecule has 1 rings (SSSR count). The van der Waals surface area contributed by atoms with E-state index in [2.05, 4.69) is 33.1 Å². The first-order valence-electron chi connectivity index (χ1n) is 6.48. The average Bonchev–Trinajstić information content (AvgIpc) is 2.28. The normalized spacial score (nSPS) is 15.5. The zero-order chi connectivity index (χ0) is 13.9. The number of halogens is 1. The van der Waals surface area contributed by atoms with Crippen molar-refractivity contribution in [2.75, 3.05) is 0 Å².